The molecule has 0 aliphatic heterocycles. The van der Waals surface area contributed by atoms with Crippen LogP contribution in [0.25, 0.3) is 0 Å². The van der Waals surface area contributed by atoms with Gasteiger partial charge in [-0.15, -0.1) is 0 Å². The second-order valence-corrected chi connectivity index (χ2v) is 4.28. The molecule has 0 saturated carbocycles. The Hall–Kier alpha value is -1.35. The highest BCUT2D eigenvalue weighted by atomic mass is 16.1. The number of amides is 1. The molecule has 3 nitrogen and oxygen atoms in total. The fourth-order valence-electron chi connectivity index (χ4n) is 1.83. The molecule has 0 heterocycles. The summed E-state index contributed by atoms with van der Waals surface area (Å²) in [5, 5.41) is 2.92. The third-order valence-corrected chi connectivity index (χ3v) is 3.08. The third-order valence-electron chi connectivity index (χ3n) is 3.08. The van der Waals surface area contributed by atoms with Gasteiger partial charge in [0, 0.05) is 18.5 Å². The molecule has 1 aromatic rings. The molecule has 0 aromatic heterocycles. The van der Waals surface area contributed by atoms with Gasteiger partial charge in [0.05, 0.1) is 0 Å². The Morgan fingerprint density at radius 2 is 1.82 bits per heavy atom. The molecule has 0 bridgehead atoms. The molecule has 1 rings (SSSR count). The van der Waals surface area contributed by atoms with Crippen molar-refractivity contribution in [1.29, 1.82) is 0 Å². The fourth-order valence-corrected chi connectivity index (χ4v) is 1.83. The van der Waals surface area contributed by atoms with Gasteiger partial charge in [-0.1, -0.05) is 44.2 Å². The van der Waals surface area contributed by atoms with Crippen LogP contribution in [-0.4, -0.2) is 12.5 Å². The standard InChI is InChI=1S/C14H22N2O/c1-3-11(4-2)14(17)16-10-13(15)12-8-6-5-7-9-12/h5-9,11,13H,3-4,10,15H2,1-2H3,(H,16,17). The second-order valence-electron chi connectivity index (χ2n) is 4.28. The highest BCUT2D eigenvalue weighted by molar-refractivity contribution is 5.78. The van der Waals surface area contributed by atoms with E-state index >= 15 is 0 Å². The lowest BCUT2D eigenvalue weighted by Crippen LogP contribution is -2.35. The number of nitrogens with one attached hydrogen (secondary N) is 1. The lowest BCUT2D eigenvalue weighted by atomic mass is 10.0. The molecule has 3 heteroatoms. The summed E-state index contributed by atoms with van der Waals surface area (Å²) in [5.74, 6) is 0.222. The highest BCUT2D eigenvalue weighted by Gasteiger charge is 2.14. The second kappa shape index (κ2) is 7.07. The Balaban J connectivity index is 2.43. The molecule has 1 atom stereocenters. The summed E-state index contributed by atoms with van der Waals surface area (Å²) >= 11 is 0. The predicted molar refractivity (Wildman–Crippen MR) is 70.5 cm³/mol. The lowest BCUT2D eigenvalue weighted by Gasteiger charge is -2.16. The molecule has 1 unspecified atom stereocenters. The summed E-state index contributed by atoms with van der Waals surface area (Å²) in [6.45, 7) is 4.56. The normalized spacial score (nSPS) is 12.5. The van der Waals surface area contributed by atoms with Crippen molar-refractivity contribution in [1.82, 2.24) is 5.32 Å². The van der Waals surface area contributed by atoms with Crippen molar-refractivity contribution < 1.29 is 4.79 Å². The molecular weight excluding hydrogens is 212 g/mol. The van der Waals surface area contributed by atoms with Gasteiger partial charge in [-0.25, -0.2) is 0 Å². The zero-order chi connectivity index (χ0) is 12.7. The first kappa shape index (κ1) is 13.7. The van der Waals surface area contributed by atoms with Crippen LogP contribution in [0.1, 0.15) is 38.3 Å². The highest BCUT2D eigenvalue weighted by Crippen LogP contribution is 2.10. The van der Waals surface area contributed by atoms with E-state index in [-0.39, 0.29) is 17.9 Å². The maximum absolute atomic E-state index is 11.8. The molecular formula is C14H22N2O. The van der Waals surface area contributed by atoms with Crippen LogP contribution < -0.4 is 11.1 Å². The molecule has 1 aromatic carbocycles. The molecule has 17 heavy (non-hydrogen) atoms. The molecule has 0 radical (unpaired) electrons. The molecule has 0 fully saturated rings. The van der Waals surface area contributed by atoms with Crippen LogP contribution in [0.5, 0.6) is 0 Å². The van der Waals surface area contributed by atoms with Crippen molar-refractivity contribution in [3.8, 4) is 0 Å². The minimum Gasteiger partial charge on any atom is -0.354 e. The van der Waals surface area contributed by atoms with E-state index in [1.807, 2.05) is 44.2 Å². The van der Waals surface area contributed by atoms with Crippen LogP contribution in [0.15, 0.2) is 30.3 Å². The fraction of sp³-hybridized carbons (Fsp3) is 0.500. The van der Waals surface area contributed by atoms with Crippen LogP contribution in [0.4, 0.5) is 0 Å². The van der Waals surface area contributed by atoms with Gasteiger partial charge in [-0.3, -0.25) is 4.79 Å². The van der Waals surface area contributed by atoms with E-state index in [0.717, 1.165) is 18.4 Å². The smallest absolute Gasteiger partial charge is 0.223 e. The van der Waals surface area contributed by atoms with Crippen molar-refractivity contribution in [3.63, 3.8) is 0 Å². The summed E-state index contributed by atoms with van der Waals surface area (Å²) < 4.78 is 0. The first-order chi connectivity index (χ1) is 8.19. The van der Waals surface area contributed by atoms with Crippen molar-refractivity contribution in [2.75, 3.05) is 6.54 Å². The van der Waals surface area contributed by atoms with E-state index in [9.17, 15) is 4.79 Å². The number of benzene rings is 1. The Kier molecular flexibility index (Phi) is 5.70. The third kappa shape index (κ3) is 4.19. The summed E-state index contributed by atoms with van der Waals surface area (Å²) in [4.78, 5) is 11.8. The number of hydrogen-bond acceptors (Lipinski definition) is 2. The van der Waals surface area contributed by atoms with Gasteiger partial charge in [0.15, 0.2) is 0 Å². The largest absolute Gasteiger partial charge is 0.354 e. The van der Waals surface area contributed by atoms with E-state index in [1.54, 1.807) is 0 Å². The van der Waals surface area contributed by atoms with Gasteiger partial charge in [0.1, 0.15) is 0 Å². The first-order valence-corrected chi connectivity index (χ1v) is 6.27. The van der Waals surface area contributed by atoms with Gasteiger partial charge < -0.3 is 11.1 Å². The van der Waals surface area contributed by atoms with Crippen molar-refractivity contribution in [3.05, 3.63) is 35.9 Å². The number of carbonyl (C=O) groups is 1. The SMILES string of the molecule is CCC(CC)C(=O)NCC(N)c1ccccc1. The summed E-state index contributed by atoms with van der Waals surface area (Å²) in [6.07, 6.45) is 1.76. The Labute approximate surface area is 103 Å². The van der Waals surface area contributed by atoms with Gasteiger partial charge in [0.25, 0.3) is 0 Å². The number of rotatable bonds is 6. The van der Waals surface area contributed by atoms with Crippen LogP contribution in [-0.2, 0) is 4.79 Å². The molecule has 0 aliphatic carbocycles. The minimum atomic E-state index is -0.130. The maximum atomic E-state index is 11.8. The van der Waals surface area contributed by atoms with Crippen molar-refractivity contribution >= 4 is 5.91 Å². The zero-order valence-electron chi connectivity index (χ0n) is 10.6. The lowest BCUT2D eigenvalue weighted by molar-refractivity contribution is -0.125. The first-order valence-electron chi connectivity index (χ1n) is 6.27. The molecule has 0 saturated heterocycles. The molecule has 3 N–H and O–H groups in total. The minimum absolute atomic E-state index is 0.109. The molecule has 0 spiro atoms. The monoisotopic (exact) mass is 234 g/mol. The van der Waals surface area contributed by atoms with Gasteiger partial charge >= 0.3 is 0 Å². The number of carbonyl (C=O) groups excluding carboxylic acids is 1. The van der Waals surface area contributed by atoms with E-state index in [0.29, 0.717) is 6.54 Å². The average molecular weight is 234 g/mol. The van der Waals surface area contributed by atoms with Crippen LogP contribution >= 0.6 is 0 Å². The summed E-state index contributed by atoms with van der Waals surface area (Å²) in [5.41, 5.74) is 7.06. The zero-order valence-corrected chi connectivity index (χ0v) is 10.6. The molecule has 1 amide bonds. The van der Waals surface area contributed by atoms with E-state index in [1.165, 1.54) is 0 Å². The van der Waals surface area contributed by atoms with E-state index in [4.69, 9.17) is 5.73 Å². The van der Waals surface area contributed by atoms with E-state index in [2.05, 4.69) is 5.32 Å². The number of nitrogens with two attached hydrogens (primary N) is 1. The Morgan fingerprint density at radius 3 is 2.35 bits per heavy atom. The molecule has 94 valence electrons. The van der Waals surface area contributed by atoms with Gasteiger partial charge in [0.2, 0.25) is 5.91 Å². The Morgan fingerprint density at radius 1 is 1.24 bits per heavy atom. The quantitative estimate of drug-likeness (QED) is 0.793. The van der Waals surface area contributed by atoms with Gasteiger partial charge in [-0.05, 0) is 18.4 Å². The molecule has 0 aliphatic rings. The van der Waals surface area contributed by atoms with Crippen molar-refractivity contribution in [2.24, 2.45) is 11.7 Å². The summed E-state index contributed by atoms with van der Waals surface area (Å²) in [7, 11) is 0. The number of hydrogen-bond donors (Lipinski definition) is 2. The maximum Gasteiger partial charge on any atom is 0.223 e. The van der Waals surface area contributed by atoms with Crippen LogP contribution in [0.2, 0.25) is 0 Å². The van der Waals surface area contributed by atoms with Crippen LogP contribution in [0, 0.1) is 5.92 Å². The summed E-state index contributed by atoms with van der Waals surface area (Å²) in [6, 6.07) is 9.70. The average Bonchev–Trinajstić information content (AvgIpc) is 2.38. The topological polar surface area (TPSA) is 55.1 Å². The Bertz CT molecular complexity index is 333. The van der Waals surface area contributed by atoms with Crippen molar-refractivity contribution in [2.45, 2.75) is 32.7 Å². The predicted octanol–water partition coefficient (Wildman–Crippen LogP) is 2.24. The van der Waals surface area contributed by atoms with Gasteiger partial charge in [-0.2, -0.15) is 0 Å². The van der Waals surface area contributed by atoms with Crippen LogP contribution in [0.3, 0.4) is 0 Å². The van der Waals surface area contributed by atoms with E-state index < -0.39 is 0 Å².